The van der Waals surface area contributed by atoms with Gasteiger partial charge in [-0.3, -0.25) is 4.79 Å². The van der Waals surface area contributed by atoms with Crippen molar-refractivity contribution in [1.82, 2.24) is 16.0 Å². The van der Waals surface area contributed by atoms with E-state index in [0.29, 0.717) is 24.6 Å². The number of ether oxygens (including phenoxy) is 2. The standard InChI is InChI=1S/C24H34N4O3/c1-7-25-23(27-16-19-11-12-20(30-5)14-21(19)31-6)26-15-17-9-8-10-18(13-17)22(29)28-24(2,3)4/h8-14H,7,15-16H2,1-6H3,(H,28,29)(H2,25,26,27). The van der Waals surface area contributed by atoms with Gasteiger partial charge in [-0.05, 0) is 57.5 Å². The van der Waals surface area contributed by atoms with E-state index in [-0.39, 0.29) is 11.4 Å². The van der Waals surface area contributed by atoms with Crippen molar-refractivity contribution >= 4 is 11.9 Å². The number of amides is 1. The third-order valence-corrected chi connectivity index (χ3v) is 4.38. The largest absolute Gasteiger partial charge is 0.497 e. The lowest BCUT2D eigenvalue weighted by atomic mass is 10.1. The van der Waals surface area contributed by atoms with Crippen LogP contribution in [-0.4, -0.2) is 38.2 Å². The van der Waals surface area contributed by atoms with E-state index in [0.717, 1.165) is 29.2 Å². The van der Waals surface area contributed by atoms with Crippen molar-refractivity contribution in [2.45, 2.75) is 46.3 Å². The first-order valence-electron chi connectivity index (χ1n) is 10.4. The Balaban J connectivity index is 2.08. The van der Waals surface area contributed by atoms with E-state index >= 15 is 0 Å². The number of carbonyl (C=O) groups is 1. The Kier molecular flexibility index (Phi) is 8.73. The summed E-state index contributed by atoms with van der Waals surface area (Å²) in [6.07, 6.45) is 0. The molecule has 0 aromatic heterocycles. The van der Waals surface area contributed by atoms with E-state index in [9.17, 15) is 4.79 Å². The summed E-state index contributed by atoms with van der Waals surface area (Å²) in [7, 11) is 3.27. The van der Waals surface area contributed by atoms with E-state index in [2.05, 4.69) is 20.9 Å². The quantitative estimate of drug-likeness (QED) is 0.445. The van der Waals surface area contributed by atoms with Crippen LogP contribution in [0.2, 0.25) is 0 Å². The third-order valence-electron chi connectivity index (χ3n) is 4.38. The summed E-state index contributed by atoms with van der Waals surface area (Å²) >= 11 is 0. The Morgan fingerprint density at radius 2 is 1.81 bits per heavy atom. The number of aliphatic imine (C=N–C) groups is 1. The molecule has 0 aliphatic heterocycles. The van der Waals surface area contributed by atoms with Crippen LogP contribution < -0.4 is 25.4 Å². The predicted molar refractivity (Wildman–Crippen MR) is 125 cm³/mol. The van der Waals surface area contributed by atoms with Crippen LogP contribution in [0.3, 0.4) is 0 Å². The van der Waals surface area contributed by atoms with Crippen LogP contribution in [-0.2, 0) is 13.1 Å². The van der Waals surface area contributed by atoms with Crippen LogP contribution >= 0.6 is 0 Å². The van der Waals surface area contributed by atoms with Crippen LogP contribution in [0.15, 0.2) is 47.5 Å². The Hall–Kier alpha value is -3.22. The lowest BCUT2D eigenvalue weighted by Crippen LogP contribution is -2.40. The maximum Gasteiger partial charge on any atom is 0.251 e. The van der Waals surface area contributed by atoms with Gasteiger partial charge >= 0.3 is 0 Å². The van der Waals surface area contributed by atoms with Crippen LogP contribution in [0.25, 0.3) is 0 Å². The lowest BCUT2D eigenvalue weighted by Gasteiger charge is -2.20. The fourth-order valence-corrected chi connectivity index (χ4v) is 2.91. The van der Waals surface area contributed by atoms with Gasteiger partial charge < -0.3 is 25.4 Å². The topological polar surface area (TPSA) is 84.0 Å². The molecule has 168 valence electrons. The van der Waals surface area contributed by atoms with Gasteiger partial charge in [-0.1, -0.05) is 12.1 Å². The molecule has 31 heavy (non-hydrogen) atoms. The zero-order valence-electron chi connectivity index (χ0n) is 19.3. The molecule has 2 aromatic rings. The first-order chi connectivity index (χ1) is 14.8. The van der Waals surface area contributed by atoms with Crippen LogP contribution in [0, 0.1) is 0 Å². The molecule has 0 fully saturated rings. The van der Waals surface area contributed by atoms with Crippen molar-refractivity contribution in [3.8, 4) is 11.5 Å². The van der Waals surface area contributed by atoms with Gasteiger partial charge in [0.05, 0.1) is 20.8 Å². The van der Waals surface area contributed by atoms with Crippen molar-refractivity contribution < 1.29 is 14.3 Å². The number of nitrogens with one attached hydrogen (secondary N) is 3. The number of rotatable bonds is 8. The molecule has 0 bridgehead atoms. The molecule has 3 N–H and O–H groups in total. The molecular formula is C24H34N4O3. The molecule has 7 heteroatoms. The maximum atomic E-state index is 12.4. The van der Waals surface area contributed by atoms with E-state index < -0.39 is 0 Å². The summed E-state index contributed by atoms with van der Waals surface area (Å²) < 4.78 is 10.7. The van der Waals surface area contributed by atoms with E-state index in [4.69, 9.17) is 9.47 Å². The second-order valence-corrected chi connectivity index (χ2v) is 8.13. The molecule has 0 aliphatic rings. The molecule has 0 radical (unpaired) electrons. The predicted octanol–water partition coefficient (Wildman–Crippen LogP) is 3.49. The smallest absolute Gasteiger partial charge is 0.251 e. The Morgan fingerprint density at radius 1 is 1.03 bits per heavy atom. The SMILES string of the molecule is CCNC(=NCc1cccc(C(=O)NC(C)(C)C)c1)NCc1ccc(OC)cc1OC. The maximum absolute atomic E-state index is 12.4. The number of methoxy groups -OCH3 is 2. The average molecular weight is 427 g/mol. The zero-order chi connectivity index (χ0) is 22.9. The fraction of sp³-hybridized carbons (Fsp3) is 0.417. The number of carbonyl (C=O) groups excluding carboxylic acids is 1. The van der Waals surface area contributed by atoms with Gasteiger partial charge in [0.15, 0.2) is 5.96 Å². The zero-order valence-corrected chi connectivity index (χ0v) is 19.3. The number of benzene rings is 2. The molecule has 0 atom stereocenters. The molecule has 2 aromatic carbocycles. The molecule has 0 spiro atoms. The highest BCUT2D eigenvalue weighted by Gasteiger charge is 2.15. The van der Waals surface area contributed by atoms with Gasteiger partial charge in [0.25, 0.3) is 5.91 Å². The monoisotopic (exact) mass is 426 g/mol. The molecule has 0 saturated carbocycles. The highest BCUT2D eigenvalue weighted by atomic mass is 16.5. The second-order valence-electron chi connectivity index (χ2n) is 8.13. The summed E-state index contributed by atoms with van der Waals surface area (Å²) in [5.41, 5.74) is 2.30. The first kappa shape index (κ1) is 24.1. The van der Waals surface area contributed by atoms with E-state index in [1.165, 1.54) is 0 Å². The summed E-state index contributed by atoms with van der Waals surface area (Å²) in [6.45, 7) is 9.64. The summed E-state index contributed by atoms with van der Waals surface area (Å²) in [5.74, 6) is 2.09. The number of hydrogen-bond donors (Lipinski definition) is 3. The van der Waals surface area contributed by atoms with Crippen LogP contribution in [0.1, 0.15) is 49.2 Å². The Bertz CT molecular complexity index is 904. The van der Waals surface area contributed by atoms with Crippen molar-refractivity contribution in [3.63, 3.8) is 0 Å². The fourth-order valence-electron chi connectivity index (χ4n) is 2.91. The van der Waals surface area contributed by atoms with Crippen LogP contribution in [0.5, 0.6) is 11.5 Å². The van der Waals surface area contributed by atoms with Gasteiger partial charge in [-0.25, -0.2) is 4.99 Å². The minimum absolute atomic E-state index is 0.0880. The summed E-state index contributed by atoms with van der Waals surface area (Å²) in [4.78, 5) is 17.1. The number of nitrogens with zero attached hydrogens (tertiary/aromatic N) is 1. The first-order valence-corrected chi connectivity index (χ1v) is 10.4. The highest BCUT2D eigenvalue weighted by molar-refractivity contribution is 5.94. The molecular weight excluding hydrogens is 392 g/mol. The molecule has 1 amide bonds. The van der Waals surface area contributed by atoms with Crippen molar-refractivity contribution in [1.29, 1.82) is 0 Å². The van der Waals surface area contributed by atoms with Gasteiger partial charge in [-0.2, -0.15) is 0 Å². The molecule has 0 unspecified atom stereocenters. The van der Waals surface area contributed by atoms with E-state index in [1.807, 2.05) is 70.2 Å². The molecule has 0 heterocycles. The lowest BCUT2D eigenvalue weighted by molar-refractivity contribution is 0.0919. The van der Waals surface area contributed by atoms with Gasteiger partial charge in [-0.15, -0.1) is 0 Å². The Morgan fingerprint density at radius 3 is 2.45 bits per heavy atom. The number of guanidine groups is 1. The number of hydrogen-bond acceptors (Lipinski definition) is 4. The molecule has 0 aliphatic carbocycles. The van der Waals surface area contributed by atoms with Gasteiger partial charge in [0.1, 0.15) is 11.5 Å². The second kappa shape index (κ2) is 11.2. The van der Waals surface area contributed by atoms with Gasteiger partial charge in [0.2, 0.25) is 0 Å². The van der Waals surface area contributed by atoms with E-state index in [1.54, 1.807) is 14.2 Å². The molecule has 2 rings (SSSR count). The van der Waals surface area contributed by atoms with Crippen LogP contribution in [0.4, 0.5) is 0 Å². The van der Waals surface area contributed by atoms with Crippen molar-refractivity contribution in [3.05, 3.63) is 59.2 Å². The van der Waals surface area contributed by atoms with Crippen molar-refractivity contribution in [2.75, 3.05) is 20.8 Å². The molecule has 7 nitrogen and oxygen atoms in total. The van der Waals surface area contributed by atoms with Gasteiger partial charge in [0, 0.05) is 35.8 Å². The average Bonchev–Trinajstić information content (AvgIpc) is 2.74. The minimum Gasteiger partial charge on any atom is -0.497 e. The minimum atomic E-state index is -0.282. The Labute approximate surface area is 185 Å². The highest BCUT2D eigenvalue weighted by Crippen LogP contribution is 2.24. The summed E-state index contributed by atoms with van der Waals surface area (Å²) in [6, 6.07) is 13.3. The molecule has 0 saturated heterocycles. The third kappa shape index (κ3) is 7.85. The van der Waals surface area contributed by atoms with Crippen molar-refractivity contribution in [2.24, 2.45) is 4.99 Å². The normalized spacial score (nSPS) is 11.6. The summed E-state index contributed by atoms with van der Waals surface area (Å²) in [5, 5.41) is 9.56.